The summed E-state index contributed by atoms with van der Waals surface area (Å²) in [6.07, 6.45) is -4.35. The van der Waals surface area contributed by atoms with E-state index in [1.165, 1.54) is 23.5 Å². The first-order valence-corrected chi connectivity index (χ1v) is 8.48. The number of hydrogen-bond donors (Lipinski definition) is 2. The highest BCUT2D eigenvalue weighted by Crippen LogP contribution is 2.31. The highest BCUT2D eigenvalue weighted by Gasteiger charge is 2.28. The Hall–Kier alpha value is -1.84. The van der Waals surface area contributed by atoms with Gasteiger partial charge in [-0.3, -0.25) is 4.90 Å². The number of hydrogen-bond acceptors (Lipinski definition) is 6. The van der Waals surface area contributed by atoms with Crippen molar-refractivity contribution in [3.05, 3.63) is 29.1 Å². The van der Waals surface area contributed by atoms with Crippen molar-refractivity contribution < 1.29 is 17.9 Å². The average Bonchev–Trinajstić information content (AvgIpc) is 2.91. The van der Waals surface area contributed by atoms with Gasteiger partial charge < -0.3 is 15.8 Å². The van der Waals surface area contributed by atoms with Gasteiger partial charge in [-0.2, -0.15) is 13.2 Å². The Morgan fingerprint density at radius 3 is 2.56 bits per heavy atom. The summed E-state index contributed by atoms with van der Waals surface area (Å²) in [6, 6.07) is 6.39. The lowest BCUT2D eigenvalue weighted by molar-refractivity contribution is -0.153. The fourth-order valence-electron chi connectivity index (χ4n) is 2.20. The summed E-state index contributed by atoms with van der Waals surface area (Å²) in [6.45, 7) is 1.12. The monoisotopic (exact) mass is 374 g/mol. The van der Waals surface area contributed by atoms with Crippen LogP contribution in [0.1, 0.15) is 4.88 Å². The predicted octanol–water partition coefficient (Wildman–Crippen LogP) is 2.98. The number of nitrogens with one attached hydrogen (secondary N) is 1. The average molecular weight is 374 g/mol. The molecule has 0 unspecified atom stereocenters. The van der Waals surface area contributed by atoms with Crippen LogP contribution in [0.5, 0.6) is 5.75 Å². The highest BCUT2D eigenvalue weighted by atomic mass is 32.1. The Bertz CT molecular complexity index is 673. The van der Waals surface area contributed by atoms with Gasteiger partial charge in [0.15, 0.2) is 11.7 Å². The van der Waals surface area contributed by atoms with E-state index in [1.807, 2.05) is 14.1 Å². The van der Waals surface area contributed by atoms with Crippen LogP contribution >= 0.6 is 11.3 Å². The maximum atomic E-state index is 12.2. The molecule has 0 amide bonds. The van der Waals surface area contributed by atoms with Gasteiger partial charge in [-0.1, -0.05) is 0 Å². The van der Waals surface area contributed by atoms with Crippen LogP contribution in [-0.2, 0) is 6.54 Å². The Morgan fingerprint density at radius 2 is 1.96 bits per heavy atom. The van der Waals surface area contributed by atoms with Gasteiger partial charge in [0, 0.05) is 30.1 Å². The number of nitrogens with two attached hydrogens (primary N) is 1. The van der Waals surface area contributed by atoms with Crippen molar-refractivity contribution in [3.8, 4) is 17.0 Å². The number of benzene rings is 1. The summed E-state index contributed by atoms with van der Waals surface area (Å²) in [5.74, 6) is 0.164. The quantitative estimate of drug-likeness (QED) is 0.744. The Balaban J connectivity index is 2.10. The van der Waals surface area contributed by atoms with Crippen LogP contribution in [0.15, 0.2) is 24.3 Å². The summed E-state index contributed by atoms with van der Waals surface area (Å²) in [4.78, 5) is 7.52. The number of ether oxygens (including phenoxy) is 1. The molecule has 1 heterocycles. The highest BCUT2D eigenvalue weighted by molar-refractivity contribution is 7.15. The lowest BCUT2D eigenvalue weighted by Crippen LogP contribution is -2.26. The normalized spacial score (nSPS) is 11.9. The number of likely N-dealkylation sites (N-methyl/N-ethyl adjacent to an activating group) is 2. The first-order chi connectivity index (χ1) is 11.8. The maximum absolute atomic E-state index is 12.2. The topological polar surface area (TPSA) is 63.4 Å². The predicted molar refractivity (Wildman–Crippen MR) is 93.8 cm³/mol. The standard InChI is InChI=1S/C16H21F3N4OS/c1-21-7-8-23(2)9-13-14(22-15(20)25-13)11-3-5-12(6-4-11)24-10-16(17,18)19/h3-6,21H,7-10H2,1-2H3,(H2,20,22). The van der Waals surface area contributed by atoms with E-state index in [0.29, 0.717) is 11.7 Å². The van der Waals surface area contributed by atoms with Crippen LogP contribution in [0.25, 0.3) is 11.3 Å². The molecule has 0 radical (unpaired) electrons. The Labute approximate surface area is 148 Å². The first-order valence-electron chi connectivity index (χ1n) is 7.67. The zero-order valence-corrected chi connectivity index (χ0v) is 14.9. The third-order valence-electron chi connectivity index (χ3n) is 3.40. The molecule has 2 aromatic rings. The summed E-state index contributed by atoms with van der Waals surface area (Å²) in [7, 11) is 3.90. The molecule has 1 aromatic heterocycles. The maximum Gasteiger partial charge on any atom is 0.422 e. The van der Waals surface area contributed by atoms with Crippen LogP contribution in [-0.4, -0.2) is 49.9 Å². The molecular weight excluding hydrogens is 353 g/mol. The largest absolute Gasteiger partial charge is 0.484 e. The molecule has 138 valence electrons. The van der Waals surface area contributed by atoms with Crippen molar-refractivity contribution >= 4 is 16.5 Å². The SMILES string of the molecule is CNCCN(C)Cc1sc(N)nc1-c1ccc(OCC(F)(F)F)cc1. The van der Waals surface area contributed by atoms with E-state index in [-0.39, 0.29) is 5.75 Å². The van der Waals surface area contributed by atoms with Crippen LogP contribution in [0.4, 0.5) is 18.3 Å². The molecule has 0 aliphatic heterocycles. The summed E-state index contributed by atoms with van der Waals surface area (Å²) < 4.78 is 41.3. The van der Waals surface area contributed by atoms with Crippen LogP contribution in [0.2, 0.25) is 0 Å². The van der Waals surface area contributed by atoms with E-state index in [9.17, 15) is 13.2 Å². The lowest BCUT2D eigenvalue weighted by Gasteiger charge is -2.16. The molecule has 0 aliphatic rings. The van der Waals surface area contributed by atoms with Crippen molar-refractivity contribution in [2.45, 2.75) is 12.7 Å². The zero-order valence-electron chi connectivity index (χ0n) is 14.1. The fourth-order valence-corrected chi connectivity index (χ4v) is 3.14. The van der Waals surface area contributed by atoms with E-state index in [1.54, 1.807) is 12.1 Å². The summed E-state index contributed by atoms with van der Waals surface area (Å²) in [5.41, 5.74) is 7.39. The zero-order chi connectivity index (χ0) is 18.4. The number of nitrogens with zero attached hydrogens (tertiary/aromatic N) is 2. The number of rotatable bonds is 8. The molecule has 5 nitrogen and oxygen atoms in total. The third kappa shape index (κ3) is 6.18. The second-order valence-corrected chi connectivity index (χ2v) is 6.71. The minimum atomic E-state index is -4.35. The van der Waals surface area contributed by atoms with Gasteiger partial charge >= 0.3 is 6.18 Å². The second kappa shape index (κ2) is 8.50. The minimum Gasteiger partial charge on any atom is -0.484 e. The molecular formula is C16H21F3N4OS. The van der Waals surface area contributed by atoms with Gasteiger partial charge in [-0.05, 0) is 38.4 Å². The van der Waals surface area contributed by atoms with Gasteiger partial charge in [-0.15, -0.1) is 11.3 Å². The van der Waals surface area contributed by atoms with E-state index in [2.05, 4.69) is 15.2 Å². The Morgan fingerprint density at radius 1 is 1.28 bits per heavy atom. The van der Waals surface area contributed by atoms with Gasteiger partial charge in [-0.25, -0.2) is 4.98 Å². The number of alkyl halides is 3. The molecule has 0 saturated heterocycles. The van der Waals surface area contributed by atoms with E-state index in [4.69, 9.17) is 10.5 Å². The molecule has 0 saturated carbocycles. The second-order valence-electron chi connectivity index (χ2n) is 5.59. The van der Waals surface area contributed by atoms with Crippen molar-refractivity contribution in [2.24, 2.45) is 0 Å². The molecule has 0 spiro atoms. The fraction of sp³-hybridized carbons (Fsp3) is 0.438. The smallest absolute Gasteiger partial charge is 0.422 e. The molecule has 0 fully saturated rings. The van der Waals surface area contributed by atoms with E-state index >= 15 is 0 Å². The molecule has 0 bridgehead atoms. The molecule has 0 aliphatic carbocycles. The summed E-state index contributed by atoms with van der Waals surface area (Å²) >= 11 is 1.41. The minimum absolute atomic E-state index is 0.164. The molecule has 0 atom stereocenters. The molecule has 3 N–H and O–H groups in total. The molecule has 9 heteroatoms. The number of nitrogen functional groups attached to an aromatic ring is 1. The van der Waals surface area contributed by atoms with Gasteiger partial charge in [0.2, 0.25) is 0 Å². The number of anilines is 1. The summed E-state index contributed by atoms with van der Waals surface area (Å²) in [5, 5.41) is 3.55. The van der Waals surface area contributed by atoms with Crippen LogP contribution < -0.4 is 15.8 Å². The number of thiazole rings is 1. The third-order valence-corrected chi connectivity index (χ3v) is 4.27. The number of halogens is 3. The van der Waals surface area contributed by atoms with E-state index < -0.39 is 12.8 Å². The number of aromatic nitrogens is 1. The van der Waals surface area contributed by atoms with Crippen LogP contribution in [0, 0.1) is 0 Å². The molecule has 2 rings (SSSR count). The van der Waals surface area contributed by atoms with Crippen molar-refractivity contribution in [3.63, 3.8) is 0 Å². The van der Waals surface area contributed by atoms with Gasteiger partial charge in [0.25, 0.3) is 0 Å². The molecule has 25 heavy (non-hydrogen) atoms. The van der Waals surface area contributed by atoms with Gasteiger partial charge in [0.05, 0.1) is 5.69 Å². The van der Waals surface area contributed by atoms with Gasteiger partial charge in [0.1, 0.15) is 5.75 Å². The van der Waals surface area contributed by atoms with Crippen LogP contribution in [0.3, 0.4) is 0 Å². The van der Waals surface area contributed by atoms with Crippen molar-refractivity contribution in [2.75, 3.05) is 39.5 Å². The van der Waals surface area contributed by atoms with Crippen molar-refractivity contribution in [1.82, 2.24) is 15.2 Å². The lowest BCUT2D eigenvalue weighted by atomic mass is 10.1. The Kier molecular flexibility index (Phi) is 6.63. The first kappa shape index (κ1) is 19.5. The van der Waals surface area contributed by atoms with Crippen molar-refractivity contribution in [1.29, 1.82) is 0 Å². The van der Waals surface area contributed by atoms with E-state index in [0.717, 1.165) is 29.2 Å². The molecule has 1 aromatic carbocycles.